The summed E-state index contributed by atoms with van der Waals surface area (Å²) < 4.78 is 5.34. The van der Waals surface area contributed by atoms with Crippen LogP contribution in [0.3, 0.4) is 0 Å². The smallest absolute Gasteiger partial charge is 0.253 e. The highest BCUT2D eigenvalue weighted by Crippen LogP contribution is 2.65. The van der Waals surface area contributed by atoms with Gasteiger partial charge in [-0.2, -0.15) is 0 Å². The summed E-state index contributed by atoms with van der Waals surface area (Å²) in [5, 5.41) is 13.6. The number of aromatic hydroxyl groups is 1. The Kier molecular flexibility index (Phi) is 6.76. The molecular weight excluding hydrogens is 617 g/mol. The van der Waals surface area contributed by atoms with Crippen LogP contribution in [-0.2, 0) is 19.2 Å². The third-order valence-electron chi connectivity index (χ3n) is 9.74. The van der Waals surface area contributed by atoms with Crippen LogP contribution < -0.4 is 15.0 Å². The predicted octanol–water partition coefficient (Wildman–Crippen LogP) is 5.34. The fraction of sp³-hybridized carbons (Fsp3) is 0.294. The number of hydrogen-bond acceptors (Lipinski definition) is 7. The van der Waals surface area contributed by atoms with Crippen LogP contribution >= 0.6 is 23.2 Å². The highest BCUT2D eigenvalue weighted by Gasteiger charge is 2.75. The molecule has 0 aromatic heterocycles. The van der Waals surface area contributed by atoms with Crippen LogP contribution in [0, 0.1) is 17.8 Å². The summed E-state index contributed by atoms with van der Waals surface area (Å²) in [6, 6.07) is 21.3. The summed E-state index contributed by atoms with van der Waals surface area (Å²) in [5.74, 6) is -5.06. The average Bonchev–Trinajstić information content (AvgIpc) is 3.37. The minimum Gasteiger partial charge on any atom is -0.504 e. The van der Waals surface area contributed by atoms with E-state index in [0.717, 1.165) is 16.3 Å². The van der Waals surface area contributed by atoms with Gasteiger partial charge in [0.1, 0.15) is 0 Å². The first-order chi connectivity index (χ1) is 21.5. The van der Waals surface area contributed by atoms with Crippen molar-refractivity contribution >= 4 is 63.9 Å². The van der Waals surface area contributed by atoms with Gasteiger partial charge in [-0.25, -0.2) is 0 Å². The van der Waals surface area contributed by atoms with Gasteiger partial charge in [-0.3, -0.25) is 29.0 Å². The molecule has 2 N–H and O–H groups in total. The van der Waals surface area contributed by atoms with E-state index in [9.17, 15) is 24.3 Å². The van der Waals surface area contributed by atoms with Gasteiger partial charge in [-0.1, -0.05) is 35.9 Å². The van der Waals surface area contributed by atoms with Crippen molar-refractivity contribution in [2.24, 2.45) is 17.8 Å². The zero-order valence-corrected chi connectivity index (χ0v) is 25.9. The first-order valence-electron chi connectivity index (χ1n) is 14.6. The second kappa shape index (κ2) is 10.4. The molecule has 4 aliphatic rings. The molecule has 0 spiro atoms. The van der Waals surface area contributed by atoms with Gasteiger partial charge >= 0.3 is 0 Å². The molecule has 230 valence electrons. The number of imide groups is 2. The molecule has 3 aromatic carbocycles. The van der Waals surface area contributed by atoms with Gasteiger partial charge in [0.2, 0.25) is 11.8 Å². The maximum atomic E-state index is 14.2. The molecule has 3 aromatic rings. The van der Waals surface area contributed by atoms with Crippen LogP contribution in [0.15, 0.2) is 84.4 Å². The number of nitrogens with one attached hydrogen (secondary N) is 1. The van der Waals surface area contributed by atoms with E-state index in [1.807, 2.05) is 36.4 Å². The Hall–Kier alpha value is -4.34. The molecule has 1 saturated carbocycles. The van der Waals surface area contributed by atoms with Gasteiger partial charge in [-0.05, 0) is 72.9 Å². The largest absolute Gasteiger partial charge is 0.504 e. The van der Waals surface area contributed by atoms with Crippen molar-refractivity contribution in [2.45, 2.75) is 28.5 Å². The van der Waals surface area contributed by atoms with Crippen LogP contribution in [0.5, 0.6) is 11.5 Å². The number of ether oxygens (including phenoxy) is 1. The molecule has 0 radical (unpaired) electrons. The number of methoxy groups -OCH3 is 1. The number of alkyl halides is 2. The highest BCUT2D eigenvalue weighted by atomic mass is 35.5. The van der Waals surface area contributed by atoms with E-state index in [1.54, 1.807) is 36.4 Å². The topological polar surface area (TPSA) is 116 Å². The Bertz CT molecular complexity index is 1800. The molecule has 11 heteroatoms. The fourth-order valence-corrected chi connectivity index (χ4v) is 8.65. The number of phenolic OH excluding ortho intramolecular Hbond substituents is 1. The highest BCUT2D eigenvalue weighted by molar-refractivity contribution is 6.53. The van der Waals surface area contributed by atoms with Gasteiger partial charge in [-0.15, -0.1) is 23.2 Å². The standard InChI is InChI=1S/C34H29Cl2N3O6/c1-38-31(43)33(35)17-24-22(28(34(33,36)32(38)44)18-8-15-25(40)26(16-18)45-2)13-14-23-27(24)30(42)39(29(23)41)21-11-9-20(10-12-21)37-19-6-4-3-5-7-19/h3-13,15-16,23-24,27-28,37,40H,14,17H2,1-2H3/t23-,24+,27-,28-,33+,34-/m0/s1. The Labute approximate surface area is 269 Å². The lowest BCUT2D eigenvalue weighted by atomic mass is 9.56. The SMILES string of the molecule is COc1cc([C@H]2C3=CC[C@@H]4C(=O)N(c5ccc(Nc6ccccc6)cc5)C(=O)[C@@H]4[C@@H]3C[C@@]3(Cl)C(=O)N(C)C(=O)[C@@]23Cl)ccc1O. The van der Waals surface area contributed by atoms with Crippen LogP contribution in [0.2, 0.25) is 0 Å². The van der Waals surface area contributed by atoms with Crippen LogP contribution in [0.1, 0.15) is 24.3 Å². The number of para-hydroxylation sites is 1. The summed E-state index contributed by atoms with van der Waals surface area (Å²) in [6.07, 6.45) is 2.02. The molecule has 6 atom stereocenters. The molecule has 7 rings (SSSR count). The third kappa shape index (κ3) is 4.06. The summed E-state index contributed by atoms with van der Waals surface area (Å²) in [7, 11) is 2.74. The lowest BCUT2D eigenvalue weighted by Crippen LogP contribution is -2.60. The number of nitrogens with zero attached hydrogens (tertiary/aromatic N) is 2. The number of halogens is 2. The van der Waals surface area contributed by atoms with Crippen LogP contribution in [0.25, 0.3) is 0 Å². The Morgan fingerprint density at radius 2 is 1.58 bits per heavy atom. The van der Waals surface area contributed by atoms with Crippen LogP contribution in [0.4, 0.5) is 17.1 Å². The molecule has 0 bridgehead atoms. The molecule has 2 saturated heterocycles. The van der Waals surface area contributed by atoms with Gasteiger partial charge in [0.15, 0.2) is 21.2 Å². The molecule has 3 fully saturated rings. The maximum absolute atomic E-state index is 14.2. The quantitative estimate of drug-likeness (QED) is 0.219. The summed E-state index contributed by atoms with van der Waals surface area (Å²) in [4.78, 5) is 53.8. The molecule has 4 amide bonds. The number of anilines is 3. The van der Waals surface area contributed by atoms with Crippen molar-refractivity contribution in [1.82, 2.24) is 4.90 Å². The average molecular weight is 647 g/mol. The minimum absolute atomic E-state index is 0.0987. The van der Waals surface area contributed by atoms with E-state index < -0.39 is 45.2 Å². The Morgan fingerprint density at radius 3 is 2.27 bits per heavy atom. The molecule has 2 aliphatic heterocycles. The molecule has 45 heavy (non-hydrogen) atoms. The number of amides is 4. The lowest BCUT2D eigenvalue weighted by molar-refractivity contribution is -0.138. The van der Waals surface area contributed by atoms with Crippen molar-refractivity contribution in [1.29, 1.82) is 0 Å². The van der Waals surface area contributed by atoms with Crippen molar-refractivity contribution < 1.29 is 29.0 Å². The zero-order chi connectivity index (χ0) is 31.8. The Morgan fingerprint density at radius 1 is 0.889 bits per heavy atom. The first kappa shape index (κ1) is 29.4. The predicted molar refractivity (Wildman–Crippen MR) is 169 cm³/mol. The van der Waals surface area contributed by atoms with Crippen molar-refractivity contribution in [3.8, 4) is 11.5 Å². The van der Waals surface area contributed by atoms with E-state index in [0.29, 0.717) is 16.8 Å². The van der Waals surface area contributed by atoms with Gasteiger partial charge in [0.25, 0.3) is 11.8 Å². The molecular formula is C34H29Cl2N3O6. The van der Waals surface area contributed by atoms with Gasteiger partial charge in [0.05, 0.1) is 24.6 Å². The summed E-state index contributed by atoms with van der Waals surface area (Å²) in [5.41, 5.74) is 3.29. The third-order valence-corrected chi connectivity index (χ3v) is 11.2. The monoisotopic (exact) mass is 645 g/mol. The van der Waals surface area contributed by atoms with E-state index in [2.05, 4.69) is 5.32 Å². The zero-order valence-electron chi connectivity index (χ0n) is 24.4. The molecule has 2 heterocycles. The van der Waals surface area contributed by atoms with Crippen molar-refractivity contribution in [2.75, 3.05) is 24.4 Å². The van der Waals surface area contributed by atoms with Crippen molar-refractivity contribution in [3.05, 3.63) is 90.0 Å². The van der Waals surface area contributed by atoms with E-state index in [-0.39, 0.29) is 36.2 Å². The van der Waals surface area contributed by atoms with Gasteiger partial charge < -0.3 is 15.2 Å². The van der Waals surface area contributed by atoms with Gasteiger partial charge in [0, 0.05) is 24.3 Å². The maximum Gasteiger partial charge on any atom is 0.253 e. The fourth-order valence-electron chi connectivity index (χ4n) is 7.63. The minimum atomic E-state index is -1.91. The second-order valence-corrected chi connectivity index (χ2v) is 13.2. The van der Waals surface area contributed by atoms with Crippen molar-refractivity contribution in [3.63, 3.8) is 0 Å². The first-order valence-corrected chi connectivity index (χ1v) is 15.3. The Balaban J connectivity index is 1.28. The van der Waals surface area contributed by atoms with E-state index >= 15 is 0 Å². The number of likely N-dealkylation sites (tertiary alicyclic amines) is 1. The second-order valence-electron chi connectivity index (χ2n) is 12.0. The number of carbonyl (C=O) groups excluding carboxylic acids is 4. The van der Waals surface area contributed by atoms with Crippen LogP contribution in [-0.4, -0.2) is 57.5 Å². The normalized spacial score (nSPS) is 30.5. The number of hydrogen-bond donors (Lipinski definition) is 2. The molecule has 9 nitrogen and oxygen atoms in total. The summed E-state index contributed by atoms with van der Waals surface area (Å²) >= 11 is 14.4. The van der Waals surface area contributed by atoms with E-state index in [4.69, 9.17) is 27.9 Å². The summed E-state index contributed by atoms with van der Waals surface area (Å²) in [6.45, 7) is 0. The molecule has 0 unspecified atom stereocenters. The number of carbonyl (C=O) groups is 4. The number of phenols is 1. The molecule has 2 aliphatic carbocycles. The number of fused-ring (bicyclic) bond motifs is 4. The number of allylic oxidation sites excluding steroid dienone is 2. The van der Waals surface area contributed by atoms with E-state index in [1.165, 1.54) is 25.1 Å². The number of benzene rings is 3. The number of rotatable bonds is 5. The lowest BCUT2D eigenvalue weighted by Gasteiger charge is -2.50.